The van der Waals surface area contributed by atoms with E-state index >= 15 is 0 Å². The molecule has 1 fully saturated rings. The van der Waals surface area contributed by atoms with Gasteiger partial charge in [0, 0.05) is 13.1 Å². The minimum atomic E-state index is -0.0547. The lowest BCUT2D eigenvalue weighted by molar-refractivity contribution is -0.122. The van der Waals surface area contributed by atoms with Crippen LogP contribution in [0.1, 0.15) is 65.7 Å². The van der Waals surface area contributed by atoms with Gasteiger partial charge in [-0.15, -0.1) is 0 Å². The Morgan fingerprint density at radius 3 is 2.50 bits per heavy atom. The predicted octanol–water partition coefficient (Wildman–Crippen LogP) is 2.85. The molecule has 0 bridgehead atoms. The molecule has 0 radical (unpaired) electrons. The smallest absolute Gasteiger partial charge is 0.236 e. The molecule has 0 aromatic carbocycles. The maximum atomic E-state index is 11.8. The molecule has 1 amide bonds. The largest absolute Gasteiger partial charge is 0.355 e. The van der Waals surface area contributed by atoms with Crippen molar-refractivity contribution >= 4 is 5.91 Å². The molecule has 0 aliphatic heterocycles. The van der Waals surface area contributed by atoms with Crippen molar-refractivity contribution in [2.24, 2.45) is 5.41 Å². The SMILES string of the molecule is CCCCCNC(=O)C(C)NCC1(CCC)CC1. The summed E-state index contributed by atoms with van der Waals surface area (Å²) < 4.78 is 0. The highest BCUT2D eigenvalue weighted by atomic mass is 16.2. The van der Waals surface area contributed by atoms with Crippen molar-refractivity contribution in [2.45, 2.75) is 71.8 Å². The molecule has 2 N–H and O–H groups in total. The monoisotopic (exact) mass is 254 g/mol. The molecule has 18 heavy (non-hydrogen) atoms. The summed E-state index contributed by atoms with van der Waals surface area (Å²) in [6.45, 7) is 8.21. The summed E-state index contributed by atoms with van der Waals surface area (Å²) in [6.07, 6.45) is 8.70. The van der Waals surface area contributed by atoms with E-state index in [2.05, 4.69) is 24.5 Å². The number of carbonyl (C=O) groups is 1. The summed E-state index contributed by atoms with van der Waals surface area (Å²) in [5.41, 5.74) is 0.519. The van der Waals surface area contributed by atoms with Gasteiger partial charge in [0.25, 0.3) is 0 Å². The van der Waals surface area contributed by atoms with E-state index in [1.165, 1.54) is 38.5 Å². The summed E-state index contributed by atoms with van der Waals surface area (Å²) in [4.78, 5) is 11.8. The number of carbonyl (C=O) groups excluding carboxylic acids is 1. The van der Waals surface area contributed by atoms with Gasteiger partial charge in [-0.1, -0.05) is 33.1 Å². The number of amides is 1. The molecule has 3 nitrogen and oxygen atoms in total. The van der Waals surface area contributed by atoms with Gasteiger partial charge in [-0.25, -0.2) is 0 Å². The van der Waals surface area contributed by atoms with Crippen LogP contribution in [-0.4, -0.2) is 25.0 Å². The van der Waals surface area contributed by atoms with Gasteiger partial charge in [0.2, 0.25) is 5.91 Å². The summed E-state index contributed by atoms with van der Waals surface area (Å²) in [5, 5.41) is 6.40. The topological polar surface area (TPSA) is 41.1 Å². The van der Waals surface area contributed by atoms with Gasteiger partial charge >= 0.3 is 0 Å². The zero-order chi connectivity index (χ0) is 13.4. The first-order chi connectivity index (χ1) is 8.63. The Labute approximate surface area is 112 Å². The highest BCUT2D eigenvalue weighted by molar-refractivity contribution is 5.81. The normalized spacial score (nSPS) is 18.4. The minimum Gasteiger partial charge on any atom is -0.355 e. The maximum absolute atomic E-state index is 11.8. The summed E-state index contributed by atoms with van der Waals surface area (Å²) in [6, 6.07) is -0.0547. The summed E-state index contributed by atoms with van der Waals surface area (Å²) >= 11 is 0. The van der Waals surface area contributed by atoms with Gasteiger partial charge in [0.15, 0.2) is 0 Å². The third kappa shape index (κ3) is 5.38. The molecule has 0 aromatic rings. The highest BCUT2D eigenvalue weighted by Gasteiger charge is 2.41. The molecule has 1 aliphatic rings. The van der Waals surface area contributed by atoms with Gasteiger partial charge in [-0.2, -0.15) is 0 Å². The number of hydrogen-bond acceptors (Lipinski definition) is 2. The van der Waals surface area contributed by atoms with Crippen LogP contribution in [0.5, 0.6) is 0 Å². The lowest BCUT2D eigenvalue weighted by atomic mass is 10.0. The average Bonchev–Trinajstić information content (AvgIpc) is 3.12. The standard InChI is InChI=1S/C15H30N2O/c1-4-6-7-11-16-14(18)13(3)17-12-15(8-5-2)9-10-15/h13,17H,4-12H2,1-3H3,(H,16,18). The van der Waals surface area contributed by atoms with Gasteiger partial charge in [0.05, 0.1) is 6.04 Å². The zero-order valence-electron chi connectivity index (χ0n) is 12.3. The third-order valence-electron chi connectivity index (χ3n) is 3.99. The molecule has 1 atom stereocenters. The maximum Gasteiger partial charge on any atom is 0.236 e. The van der Waals surface area contributed by atoms with Crippen LogP contribution in [0.2, 0.25) is 0 Å². The van der Waals surface area contributed by atoms with E-state index in [1.54, 1.807) is 0 Å². The van der Waals surface area contributed by atoms with Crippen LogP contribution in [0, 0.1) is 5.41 Å². The van der Waals surface area contributed by atoms with E-state index in [-0.39, 0.29) is 11.9 Å². The van der Waals surface area contributed by atoms with E-state index in [9.17, 15) is 4.79 Å². The lowest BCUT2D eigenvalue weighted by Gasteiger charge is -2.19. The van der Waals surface area contributed by atoms with Crippen molar-refractivity contribution in [3.8, 4) is 0 Å². The molecule has 0 spiro atoms. The van der Waals surface area contributed by atoms with Crippen LogP contribution < -0.4 is 10.6 Å². The second-order valence-corrected chi connectivity index (χ2v) is 5.85. The van der Waals surface area contributed by atoms with Crippen molar-refractivity contribution in [2.75, 3.05) is 13.1 Å². The van der Waals surface area contributed by atoms with Crippen LogP contribution in [0.15, 0.2) is 0 Å². The van der Waals surface area contributed by atoms with E-state index in [4.69, 9.17) is 0 Å². The van der Waals surface area contributed by atoms with Gasteiger partial charge in [-0.3, -0.25) is 4.79 Å². The van der Waals surface area contributed by atoms with E-state index in [0.29, 0.717) is 5.41 Å². The number of nitrogens with one attached hydrogen (secondary N) is 2. The van der Waals surface area contributed by atoms with E-state index in [0.717, 1.165) is 19.5 Å². The Bertz CT molecular complexity index is 249. The lowest BCUT2D eigenvalue weighted by Crippen LogP contribution is -2.44. The quantitative estimate of drug-likeness (QED) is 0.589. The van der Waals surface area contributed by atoms with Crippen molar-refractivity contribution in [3.63, 3.8) is 0 Å². The van der Waals surface area contributed by atoms with Gasteiger partial charge < -0.3 is 10.6 Å². The minimum absolute atomic E-state index is 0.0547. The van der Waals surface area contributed by atoms with Crippen molar-refractivity contribution in [3.05, 3.63) is 0 Å². The Morgan fingerprint density at radius 2 is 1.94 bits per heavy atom. The molecule has 1 saturated carbocycles. The van der Waals surface area contributed by atoms with Crippen LogP contribution >= 0.6 is 0 Å². The van der Waals surface area contributed by atoms with Crippen LogP contribution in [-0.2, 0) is 4.79 Å². The second-order valence-electron chi connectivity index (χ2n) is 5.85. The number of unbranched alkanes of at least 4 members (excludes halogenated alkanes) is 2. The predicted molar refractivity (Wildman–Crippen MR) is 76.6 cm³/mol. The average molecular weight is 254 g/mol. The second kappa shape index (κ2) is 7.78. The van der Waals surface area contributed by atoms with Crippen molar-refractivity contribution < 1.29 is 4.79 Å². The first-order valence-corrected chi connectivity index (χ1v) is 7.64. The Kier molecular flexibility index (Phi) is 6.69. The van der Waals surface area contributed by atoms with Crippen molar-refractivity contribution in [1.82, 2.24) is 10.6 Å². The molecule has 1 rings (SSSR count). The first kappa shape index (κ1) is 15.5. The van der Waals surface area contributed by atoms with Crippen LogP contribution in [0.25, 0.3) is 0 Å². The zero-order valence-corrected chi connectivity index (χ0v) is 12.3. The molecule has 1 aliphatic carbocycles. The van der Waals surface area contributed by atoms with Crippen molar-refractivity contribution in [1.29, 1.82) is 0 Å². The van der Waals surface area contributed by atoms with Gasteiger partial charge in [-0.05, 0) is 38.0 Å². The molecule has 106 valence electrons. The van der Waals surface area contributed by atoms with Gasteiger partial charge in [0.1, 0.15) is 0 Å². The molecule has 0 heterocycles. The fraction of sp³-hybridized carbons (Fsp3) is 0.933. The summed E-state index contributed by atoms with van der Waals surface area (Å²) in [7, 11) is 0. The Balaban J connectivity index is 2.12. The number of rotatable bonds is 10. The Morgan fingerprint density at radius 1 is 1.22 bits per heavy atom. The van der Waals surface area contributed by atoms with Crippen LogP contribution in [0.3, 0.4) is 0 Å². The highest BCUT2D eigenvalue weighted by Crippen LogP contribution is 2.48. The Hall–Kier alpha value is -0.570. The molecule has 0 aromatic heterocycles. The molecule has 3 heteroatoms. The fourth-order valence-corrected chi connectivity index (χ4v) is 2.42. The molecular formula is C15H30N2O. The summed E-state index contributed by atoms with van der Waals surface area (Å²) in [5.74, 6) is 0.151. The first-order valence-electron chi connectivity index (χ1n) is 7.64. The third-order valence-corrected chi connectivity index (χ3v) is 3.99. The van der Waals surface area contributed by atoms with E-state index in [1.807, 2.05) is 6.92 Å². The molecule has 0 saturated heterocycles. The van der Waals surface area contributed by atoms with E-state index < -0.39 is 0 Å². The fourth-order valence-electron chi connectivity index (χ4n) is 2.42. The number of hydrogen-bond donors (Lipinski definition) is 2. The molecular weight excluding hydrogens is 224 g/mol. The molecule has 1 unspecified atom stereocenters. The van der Waals surface area contributed by atoms with Crippen LogP contribution in [0.4, 0.5) is 0 Å².